The second kappa shape index (κ2) is 15.2. The number of rotatable bonds is 13. The Labute approximate surface area is 231 Å². The van der Waals surface area contributed by atoms with E-state index in [2.05, 4.69) is 17.4 Å². The summed E-state index contributed by atoms with van der Waals surface area (Å²) in [7, 11) is 3.88. The highest BCUT2D eigenvalue weighted by Crippen LogP contribution is 2.51. The average Bonchev–Trinajstić information content (AvgIpc) is 3.42. The van der Waals surface area contributed by atoms with Crippen LogP contribution in [0.1, 0.15) is 48.9 Å². The van der Waals surface area contributed by atoms with Crippen LogP contribution in [0, 0.1) is 5.92 Å². The first-order chi connectivity index (χ1) is 19.0. The number of hydrogen-bond acceptors (Lipinski definition) is 10. The molecule has 10 nitrogen and oxygen atoms in total. The van der Waals surface area contributed by atoms with E-state index < -0.39 is 8.38 Å². The monoisotopic (exact) mass is 565 g/mol. The van der Waals surface area contributed by atoms with E-state index in [0.29, 0.717) is 31.3 Å². The van der Waals surface area contributed by atoms with Gasteiger partial charge in [-0.05, 0) is 61.2 Å². The zero-order chi connectivity index (χ0) is 28.4. The molecule has 2 N–H and O–H groups in total. The van der Waals surface area contributed by atoms with Crippen LogP contribution < -0.4 is 24.3 Å². The molecule has 1 aliphatic carbocycles. The molecule has 216 valence electrons. The summed E-state index contributed by atoms with van der Waals surface area (Å²) in [4.78, 5) is 8.00. The second-order valence-corrected chi connectivity index (χ2v) is 10.6. The quantitative estimate of drug-likeness (QED) is 0.329. The molecule has 1 aliphatic heterocycles. The topological polar surface area (TPSA) is 114 Å². The van der Waals surface area contributed by atoms with Crippen molar-refractivity contribution in [2.45, 2.75) is 32.2 Å². The van der Waals surface area contributed by atoms with Gasteiger partial charge in [0, 0.05) is 37.7 Å². The summed E-state index contributed by atoms with van der Waals surface area (Å²) in [6, 6.07) is 7.98. The molecule has 2 aromatic rings. The number of hydrogen-bond donors (Lipinski definition) is 2. The fraction of sp³-hybridized carbons (Fsp3) is 0.536. The zero-order valence-electron chi connectivity index (χ0n) is 23.4. The van der Waals surface area contributed by atoms with Gasteiger partial charge in [-0.1, -0.05) is 0 Å². The maximum absolute atomic E-state index is 10.5. The summed E-state index contributed by atoms with van der Waals surface area (Å²) < 4.78 is 39.7. The summed E-state index contributed by atoms with van der Waals surface area (Å²) in [5.74, 6) is 2.41. The molecular weight excluding hydrogens is 525 g/mol. The lowest BCUT2D eigenvalue weighted by atomic mass is 9.71. The Morgan fingerprint density at radius 3 is 2.10 bits per heavy atom. The molecule has 0 fully saturated rings. The lowest BCUT2D eigenvalue weighted by Crippen LogP contribution is -2.37. The van der Waals surface area contributed by atoms with Crippen molar-refractivity contribution >= 4 is 15.2 Å². The first kappa shape index (κ1) is 30.9. The Balaban J connectivity index is 0.00000205. The van der Waals surface area contributed by atoms with Crippen LogP contribution in [0.25, 0.3) is 0 Å². The van der Waals surface area contributed by atoms with Gasteiger partial charge in [0.15, 0.2) is 31.4 Å². The smallest absolute Gasteiger partial charge is 0.231 e. The molecule has 0 spiro atoms. The predicted octanol–water partition coefficient (Wildman–Crippen LogP) is 4.77. The average molecular weight is 566 g/mol. The number of phenolic OH excluding ortho intramolecular Hbond substituents is 1. The van der Waals surface area contributed by atoms with Gasteiger partial charge >= 0.3 is 0 Å². The molecule has 0 amide bonds. The molecule has 2 aliphatic rings. The lowest BCUT2D eigenvalue weighted by Gasteiger charge is -2.39. The van der Waals surface area contributed by atoms with Crippen LogP contribution in [0.2, 0.25) is 0 Å². The molecule has 4 rings (SSSR count). The Morgan fingerprint density at radius 1 is 0.974 bits per heavy atom. The van der Waals surface area contributed by atoms with Crippen molar-refractivity contribution in [2.75, 3.05) is 60.6 Å². The number of carbonyl (C=O) groups excluding carboxylic acids is 1. The van der Waals surface area contributed by atoms with Crippen LogP contribution in [0.5, 0.6) is 28.7 Å². The largest absolute Gasteiger partial charge is 0.502 e. The zero-order valence-corrected chi connectivity index (χ0v) is 24.3. The number of fused-ring (bicyclic) bond motifs is 2. The Hall–Kier alpha value is -2.62. The van der Waals surface area contributed by atoms with Crippen molar-refractivity contribution in [1.29, 1.82) is 0 Å². The van der Waals surface area contributed by atoms with Crippen molar-refractivity contribution in [3.63, 3.8) is 0 Å². The van der Waals surface area contributed by atoms with Gasteiger partial charge in [0.1, 0.15) is 6.79 Å². The number of ether oxygens (including phenoxy) is 5. The van der Waals surface area contributed by atoms with Crippen molar-refractivity contribution < 1.29 is 42.6 Å². The fourth-order valence-electron chi connectivity index (χ4n) is 5.22. The highest BCUT2D eigenvalue weighted by Gasteiger charge is 2.38. The molecule has 2 aromatic carbocycles. The Kier molecular flexibility index (Phi) is 12.1. The minimum atomic E-state index is -0.931. The highest BCUT2D eigenvalue weighted by atomic mass is 31.2. The molecule has 0 saturated carbocycles. The van der Waals surface area contributed by atoms with Crippen molar-refractivity contribution in [1.82, 2.24) is 5.32 Å². The normalized spacial score (nSPS) is 19.3. The first-order valence-corrected chi connectivity index (χ1v) is 14.3. The maximum atomic E-state index is 10.5. The minimum absolute atomic E-state index is 0.00933. The van der Waals surface area contributed by atoms with Crippen LogP contribution in [0.3, 0.4) is 0 Å². The minimum Gasteiger partial charge on any atom is -0.502 e. The van der Waals surface area contributed by atoms with Crippen LogP contribution >= 0.6 is 8.38 Å². The molecule has 0 radical (unpaired) electrons. The van der Waals surface area contributed by atoms with Crippen LogP contribution in [0.15, 0.2) is 24.3 Å². The Bertz CT molecular complexity index is 1040. The fourth-order valence-corrected chi connectivity index (χ4v) is 6.44. The number of phenols is 1. The molecule has 11 heteroatoms. The SMILES string of the molecule is C=O.CCOP(CCNC1c2cc3c(cc2[C@@H](c2cc(OC)c(O)c(OC)c2)CC1COC)OCO3)OCC. The molecule has 0 saturated heterocycles. The van der Waals surface area contributed by atoms with E-state index in [1.54, 1.807) is 7.11 Å². The number of nitrogens with one attached hydrogen (secondary N) is 1. The summed E-state index contributed by atoms with van der Waals surface area (Å²) in [6.45, 7) is 8.78. The number of methoxy groups -OCH3 is 3. The summed E-state index contributed by atoms with van der Waals surface area (Å²) in [5.41, 5.74) is 3.27. The van der Waals surface area contributed by atoms with Gasteiger partial charge in [-0.15, -0.1) is 0 Å². The van der Waals surface area contributed by atoms with Gasteiger partial charge in [-0.2, -0.15) is 0 Å². The van der Waals surface area contributed by atoms with Gasteiger partial charge in [0.25, 0.3) is 0 Å². The lowest BCUT2D eigenvalue weighted by molar-refractivity contribution is -0.0980. The van der Waals surface area contributed by atoms with Crippen molar-refractivity contribution in [3.8, 4) is 28.7 Å². The van der Waals surface area contributed by atoms with Gasteiger partial charge < -0.3 is 47.9 Å². The third-order valence-electron chi connectivity index (χ3n) is 6.79. The highest BCUT2D eigenvalue weighted by molar-refractivity contribution is 7.47. The van der Waals surface area contributed by atoms with Crippen LogP contribution in [0.4, 0.5) is 0 Å². The van der Waals surface area contributed by atoms with E-state index >= 15 is 0 Å². The third-order valence-corrected chi connectivity index (χ3v) is 8.47. The molecular formula is C28H40NO9P. The molecule has 2 unspecified atom stereocenters. The Morgan fingerprint density at radius 2 is 1.56 bits per heavy atom. The van der Waals surface area contributed by atoms with Crippen molar-refractivity contribution in [2.24, 2.45) is 5.92 Å². The summed E-state index contributed by atoms with van der Waals surface area (Å²) >= 11 is 0. The van der Waals surface area contributed by atoms with Gasteiger partial charge in [-0.25, -0.2) is 0 Å². The van der Waals surface area contributed by atoms with E-state index in [0.717, 1.165) is 47.3 Å². The van der Waals surface area contributed by atoms with Gasteiger partial charge in [-0.3, -0.25) is 0 Å². The molecule has 3 atom stereocenters. The molecule has 0 bridgehead atoms. The van der Waals surface area contributed by atoms with Crippen LogP contribution in [-0.2, 0) is 18.6 Å². The number of carbonyl (C=O) groups is 1. The standard InChI is InChI=1S/C27H38NO8P.CH2O/c1-6-35-37(36-7-2)9-8-28-26-18(15-30-3)10-19(17-11-24(31-4)27(29)25(12-17)32-5)20-13-22-23(14-21(20)26)34-16-33-22;1-2/h11-14,18-19,26,28-29H,6-10,15-16H2,1-5H3;1H2/t18?,19-,26?;/m1./s1. The molecule has 39 heavy (non-hydrogen) atoms. The number of aromatic hydroxyl groups is 1. The van der Waals surface area contributed by atoms with E-state index in [1.165, 1.54) is 14.2 Å². The first-order valence-electron chi connectivity index (χ1n) is 13.0. The van der Waals surface area contributed by atoms with E-state index in [4.69, 9.17) is 37.5 Å². The molecule has 1 heterocycles. The second-order valence-electron chi connectivity index (χ2n) is 8.94. The third kappa shape index (κ3) is 7.13. The molecule has 0 aromatic heterocycles. The summed E-state index contributed by atoms with van der Waals surface area (Å²) in [5, 5.41) is 14.3. The maximum Gasteiger partial charge on any atom is 0.231 e. The van der Waals surface area contributed by atoms with E-state index in [9.17, 15) is 5.11 Å². The summed E-state index contributed by atoms with van der Waals surface area (Å²) in [6.07, 6.45) is 1.61. The number of benzene rings is 2. The van der Waals surface area contributed by atoms with Gasteiger partial charge in [0.05, 0.1) is 34.0 Å². The van der Waals surface area contributed by atoms with E-state index in [1.807, 2.05) is 32.8 Å². The van der Waals surface area contributed by atoms with Crippen LogP contribution in [-0.4, -0.2) is 72.5 Å². The van der Waals surface area contributed by atoms with Crippen molar-refractivity contribution in [3.05, 3.63) is 41.0 Å². The van der Waals surface area contributed by atoms with Gasteiger partial charge in [0.2, 0.25) is 12.5 Å². The predicted molar refractivity (Wildman–Crippen MR) is 149 cm³/mol. The van der Waals surface area contributed by atoms with E-state index in [-0.39, 0.29) is 30.4 Å².